The molecule has 4 N–H and O–H groups in total. The molecule has 0 aliphatic carbocycles. The smallest absolute Gasteiger partial charge is 0.241 e. The van der Waals surface area contributed by atoms with Gasteiger partial charge in [-0.25, -0.2) is 4.98 Å². The molecule has 3 aromatic carbocycles. The van der Waals surface area contributed by atoms with Crippen LogP contribution in [0.2, 0.25) is 5.02 Å². The quantitative estimate of drug-likeness (QED) is 0.125. The second-order valence-electron chi connectivity index (χ2n) is 11.9. The Morgan fingerprint density at radius 3 is 2.46 bits per heavy atom. The van der Waals surface area contributed by atoms with E-state index in [-0.39, 0.29) is 11.7 Å². The Morgan fingerprint density at radius 1 is 1.00 bits per heavy atom. The van der Waals surface area contributed by atoms with Crippen molar-refractivity contribution in [1.29, 1.82) is 5.41 Å². The standard InChI is InChI=1S/C36H39ClN8O/c1-43-33-12-11-29(22-32(33)42-34(43)13-8-25-6-9-27(10-7-25)36(38)39)45(23-26-14-18-40-19-15-26)35(46)24-44-20-16-28(17-21-44)41-31-5-3-2-4-30(31)37/h2-7,9-12,14-15,18-19,22,28,41H,8,13,16-17,20-21,23-24H2,1H3,(H3,38,39). The number of nitrogen functional groups attached to an aromatic ring is 1. The summed E-state index contributed by atoms with van der Waals surface area (Å²) in [6.07, 6.45) is 6.98. The number of fused-ring (bicyclic) bond motifs is 1. The molecule has 0 atom stereocenters. The van der Waals surface area contributed by atoms with E-state index in [9.17, 15) is 4.79 Å². The van der Waals surface area contributed by atoms with Crippen LogP contribution < -0.4 is 16.0 Å². The number of hydrogen-bond donors (Lipinski definition) is 3. The van der Waals surface area contributed by atoms with E-state index in [2.05, 4.69) is 25.8 Å². The number of nitrogens with one attached hydrogen (secondary N) is 2. The van der Waals surface area contributed by atoms with Crippen molar-refractivity contribution in [2.45, 2.75) is 38.3 Å². The van der Waals surface area contributed by atoms with Gasteiger partial charge in [0.2, 0.25) is 5.91 Å². The molecule has 0 saturated carbocycles. The van der Waals surface area contributed by atoms with Crippen LogP contribution in [0.25, 0.3) is 11.0 Å². The molecule has 236 valence electrons. The number of amides is 1. The molecule has 1 fully saturated rings. The molecule has 46 heavy (non-hydrogen) atoms. The number of nitrogens with two attached hydrogens (primary N) is 1. The Hall–Kier alpha value is -4.73. The second-order valence-corrected chi connectivity index (χ2v) is 12.3. The van der Waals surface area contributed by atoms with Crippen LogP contribution in [-0.4, -0.2) is 56.9 Å². The van der Waals surface area contributed by atoms with Crippen molar-refractivity contribution in [3.05, 3.63) is 119 Å². The van der Waals surface area contributed by atoms with Crippen LogP contribution in [0.5, 0.6) is 0 Å². The normalized spacial score (nSPS) is 14.0. The number of pyridine rings is 1. The third-order valence-corrected chi connectivity index (χ3v) is 9.07. The van der Waals surface area contributed by atoms with Crippen molar-refractivity contribution in [1.82, 2.24) is 19.4 Å². The number of imidazole rings is 1. The van der Waals surface area contributed by atoms with E-state index in [1.807, 2.05) is 84.7 Å². The number of piperidine rings is 1. The van der Waals surface area contributed by atoms with Crippen molar-refractivity contribution in [2.24, 2.45) is 12.8 Å². The maximum atomic E-state index is 14.0. The molecule has 1 aliphatic rings. The maximum absolute atomic E-state index is 14.0. The first-order chi connectivity index (χ1) is 22.3. The number of halogens is 1. The van der Waals surface area contributed by atoms with Gasteiger partial charge in [-0.3, -0.25) is 20.1 Å². The Balaban J connectivity index is 1.15. The minimum Gasteiger partial charge on any atom is -0.384 e. The number of para-hydroxylation sites is 1. The molecule has 1 saturated heterocycles. The topological polar surface area (TPSA) is 116 Å². The highest BCUT2D eigenvalue weighted by atomic mass is 35.5. The van der Waals surface area contributed by atoms with E-state index in [1.54, 1.807) is 12.4 Å². The summed E-state index contributed by atoms with van der Waals surface area (Å²) in [6.45, 7) is 2.46. The van der Waals surface area contributed by atoms with Crippen molar-refractivity contribution in [3.63, 3.8) is 0 Å². The average molecular weight is 635 g/mol. The number of carbonyl (C=O) groups excluding carboxylic acids is 1. The average Bonchev–Trinajstić information content (AvgIpc) is 3.39. The molecular weight excluding hydrogens is 596 g/mol. The van der Waals surface area contributed by atoms with E-state index >= 15 is 0 Å². The SMILES string of the molecule is Cn1c(CCc2ccc(C(=N)N)cc2)nc2cc(N(Cc3ccncc3)C(=O)CN3CCC(Nc4ccccc4Cl)CC3)ccc21. The van der Waals surface area contributed by atoms with E-state index in [1.165, 1.54) is 0 Å². The number of hydrogen-bond acceptors (Lipinski definition) is 6. The first-order valence-corrected chi connectivity index (χ1v) is 16.0. The van der Waals surface area contributed by atoms with Gasteiger partial charge >= 0.3 is 0 Å². The van der Waals surface area contributed by atoms with Crippen molar-refractivity contribution in [2.75, 3.05) is 29.9 Å². The number of rotatable bonds is 11. The van der Waals surface area contributed by atoms with Gasteiger partial charge in [0.25, 0.3) is 0 Å². The molecule has 6 rings (SSSR count). The zero-order chi connectivity index (χ0) is 32.0. The summed E-state index contributed by atoms with van der Waals surface area (Å²) < 4.78 is 2.12. The van der Waals surface area contributed by atoms with Crippen LogP contribution >= 0.6 is 11.6 Å². The summed E-state index contributed by atoms with van der Waals surface area (Å²) in [6, 6.07) is 25.9. The molecule has 5 aromatic rings. The van der Waals surface area contributed by atoms with E-state index in [0.29, 0.717) is 19.1 Å². The Morgan fingerprint density at radius 2 is 1.74 bits per heavy atom. The zero-order valence-corrected chi connectivity index (χ0v) is 26.8. The summed E-state index contributed by atoms with van der Waals surface area (Å²) in [4.78, 5) is 27.2. The molecule has 0 spiro atoms. The Kier molecular flexibility index (Phi) is 9.61. The third-order valence-electron chi connectivity index (χ3n) is 8.74. The number of nitrogens with zero attached hydrogens (tertiary/aromatic N) is 5. The van der Waals surface area contributed by atoms with Gasteiger partial charge in [-0.05, 0) is 72.9 Å². The number of aromatic nitrogens is 3. The van der Waals surface area contributed by atoms with E-state index in [0.717, 1.165) is 88.7 Å². The van der Waals surface area contributed by atoms with Gasteiger partial charge < -0.3 is 20.5 Å². The Labute approximate surface area is 274 Å². The van der Waals surface area contributed by atoms with Crippen molar-refractivity contribution >= 4 is 45.8 Å². The Bertz CT molecular complexity index is 1810. The van der Waals surface area contributed by atoms with Gasteiger partial charge in [-0.1, -0.05) is 48.0 Å². The molecule has 10 heteroatoms. The minimum absolute atomic E-state index is 0.0545. The fourth-order valence-corrected chi connectivity index (χ4v) is 6.23. The zero-order valence-electron chi connectivity index (χ0n) is 26.0. The number of benzene rings is 3. The molecule has 2 aromatic heterocycles. The number of amidine groups is 1. The monoisotopic (exact) mass is 634 g/mol. The molecule has 9 nitrogen and oxygen atoms in total. The summed E-state index contributed by atoms with van der Waals surface area (Å²) >= 11 is 6.36. The lowest BCUT2D eigenvalue weighted by molar-refractivity contribution is -0.120. The van der Waals surface area contributed by atoms with Crippen LogP contribution in [0.15, 0.2) is 91.3 Å². The van der Waals surface area contributed by atoms with Crippen LogP contribution in [-0.2, 0) is 31.2 Å². The second kappa shape index (κ2) is 14.1. The van der Waals surface area contributed by atoms with Crippen LogP contribution in [0.4, 0.5) is 11.4 Å². The van der Waals surface area contributed by atoms with Gasteiger partial charge in [0.05, 0.1) is 34.8 Å². The first kappa shape index (κ1) is 31.3. The highest BCUT2D eigenvalue weighted by Crippen LogP contribution is 2.27. The molecule has 1 amide bonds. The van der Waals surface area contributed by atoms with Crippen molar-refractivity contribution < 1.29 is 4.79 Å². The summed E-state index contributed by atoms with van der Waals surface area (Å²) in [5.41, 5.74) is 12.2. The van der Waals surface area contributed by atoms with Crippen LogP contribution in [0, 0.1) is 5.41 Å². The lowest BCUT2D eigenvalue weighted by Crippen LogP contribution is -2.45. The highest BCUT2D eigenvalue weighted by Gasteiger charge is 2.25. The fraction of sp³-hybridized carbons (Fsp3) is 0.278. The molecule has 0 radical (unpaired) electrons. The van der Waals surface area contributed by atoms with E-state index < -0.39 is 0 Å². The molecule has 1 aliphatic heterocycles. The van der Waals surface area contributed by atoms with Gasteiger partial charge in [-0.2, -0.15) is 0 Å². The molecular formula is C36H39ClN8O. The molecule has 3 heterocycles. The van der Waals surface area contributed by atoms with Gasteiger partial charge in [-0.15, -0.1) is 0 Å². The number of likely N-dealkylation sites (tertiary alicyclic amines) is 1. The summed E-state index contributed by atoms with van der Waals surface area (Å²) in [5.74, 6) is 1.10. The predicted molar refractivity (Wildman–Crippen MR) is 186 cm³/mol. The fourth-order valence-electron chi connectivity index (χ4n) is 6.04. The minimum atomic E-state index is 0.0545. The van der Waals surface area contributed by atoms with Gasteiger partial charge in [0, 0.05) is 56.2 Å². The lowest BCUT2D eigenvalue weighted by atomic mass is 10.0. The van der Waals surface area contributed by atoms with Gasteiger partial charge in [0.15, 0.2) is 0 Å². The third kappa shape index (κ3) is 7.38. The molecule has 0 bridgehead atoms. The highest BCUT2D eigenvalue weighted by molar-refractivity contribution is 6.33. The lowest BCUT2D eigenvalue weighted by Gasteiger charge is -2.34. The molecule has 0 unspecified atom stereocenters. The summed E-state index contributed by atoms with van der Waals surface area (Å²) in [5, 5.41) is 11.9. The summed E-state index contributed by atoms with van der Waals surface area (Å²) in [7, 11) is 2.04. The van der Waals surface area contributed by atoms with E-state index in [4.69, 9.17) is 27.7 Å². The van der Waals surface area contributed by atoms with Crippen LogP contribution in [0.1, 0.15) is 35.4 Å². The van der Waals surface area contributed by atoms with Gasteiger partial charge in [0.1, 0.15) is 11.7 Å². The van der Waals surface area contributed by atoms with Crippen molar-refractivity contribution in [3.8, 4) is 0 Å². The number of aryl methyl sites for hydroxylation is 3. The maximum Gasteiger partial charge on any atom is 0.241 e. The number of carbonyl (C=O) groups is 1. The first-order valence-electron chi connectivity index (χ1n) is 15.7. The van der Waals surface area contributed by atoms with Crippen LogP contribution in [0.3, 0.4) is 0 Å². The number of anilines is 2. The largest absolute Gasteiger partial charge is 0.384 e. The predicted octanol–water partition coefficient (Wildman–Crippen LogP) is 5.80.